The van der Waals surface area contributed by atoms with Crippen LogP contribution in [0.5, 0.6) is 0 Å². The SMILES string of the molecule is CNC(=O)c1ccn(-c2ccc(C(F)(F)F)cc2CN)n1. The fourth-order valence-electron chi connectivity index (χ4n) is 1.86. The molecule has 0 radical (unpaired) electrons. The van der Waals surface area contributed by atoms with Crippen LogP contribution in [0.25, 0.3) is 5.69 Å². The molecule has 112 valence electrons. The van der Waals surface area contributed by atoms with E-state index in [9.17, 15) is 18.0 Å². The van der Waals surface area contributed by atoms with E-state index in [1.165, 1.54) is 30.1 Å². The Morgan fingerprint density at radius 2 is 2.10 bits per heavy atom. The second kappa shape index (κ2) is 5.57. The number of carbonyl (C=O) groups excluding carboxylic acids is 1. The van der Waals surface area contributed by atoms with Crippen LogP contribution in [0.3, 0.4) is 0 Å². The van der Waals surface area contributed by atoms with E-state index in [4.69, 9.17) is 5.73 Å². The molecule has 0 bridgehead atoms. The van der Waals surface area contributed by atoms with Gasteiger partial charge >= 0.3 is 6.18 Å². The summed E-state index contributed by atoms with van der Waals surface area (Å²) >= 11 is 0. The minimum atomic E-state index is -4.43. The van der Waals surface area contributed by atoms with Crippen LogP contribution in [0, 0.1) is 0 Å². The normalized spacial score (nSPS) is 11.5. The molecule has 0 saturated carbocycles. The molecular weight excluding hydrogens is 285 g/mol. The molecule has 0 aliphatic carbocycles. The fourth-order valence-corrected chi connectivity index (χ4v) is 1.86. The molecule has 5 nitrogen and oxygen atoms in total. The van der Waals surface area contributed by atoms with E-state index in [1.54, 1.807) is 0 Å². The molecule has 0 unspecified atom stereocenters. The minimum Gasteiger partial charge on any atom is -0.354 e. The Morgan fingerprint density at radius 3 is 2.67 bits per heavy atom. The summed E-state index contributed by atoms with van der Waals surface area (Å²) in [6, 6.07) is 4.69. The van der Waals surface area contributed by atoms with Gasteiger partial charge in [-0.3, -0.25) is 4.79 Å². The van der Waals surface area contributed by atoms with Gasteiger partial charge in [-0.25, -0.2) is 4.68 Å². The smallest absolute Gasteiger partial charge is 0.354 e. The number of aromatic nitrogens is 2. The number of alkyl halides is 3. The Balaban J connectivity index is 2.44. The number of nitrogens with one attached hydrogen (secondary N) is 1. The first-order valence-corrected chi connectivity index (χ1v) is 6.05. The van der Waals surface area contributed by atoms with Crippen LogP contribution in [0.2, 0.25) is 0 Å². The Bertz CT molecular complexity index is 664. The van der Waals surface area contributed by atoms with Crippen LogP contribution < -0.4 is 11.1 Å². The van der Waals surface area contributed by atoms with E-state index in [0.29, 0.717) is 5.69 Å². The van der Waals surface area contributed by atoms with Gasteiger partial charge in [-0.15, -0.1) is 0 Å². The highest BCUT2D eigenvalue weighted by Crippen LogP contribution is 2.31. The third-order valence-corrected chi connectivity index (χ3v) is 2.92. The fraction of sp³-hybridized carbons (Fsp3) is 0.231. The zero-order valence-corrected chi connectivity index (χ0v) is 11.1. The van der Waals surface area contributed by atoms with Crippen LogP contribution in [-0.4, -0.2) is 22.7 Å². The number of nitrogens with zero attached hydrogens (tertiary/aromatic N) is 2. The molecule has 21 heavy (non-hydrogen) atoms. The molecule has 0 aliphatic rings. The van der Waals surface area contributed by atoms with Crippen molar-refractivity contribution >= 4 is 5.91 Å². The van der Waals surface area contributed by atoms with Gasteiger partial charge in [0.05, 0.1) is 11.3 Å². The summed E-state index contributed by atoms with van der Waals surface area (Å²) in [5.41, 5.74) is 5.59. The molecule has 1 amide bonds. The molecule has 1 aromatic heterocycles. The maximum absolute atomic E-state index is 12.7. The van der Waals surface area contributed by atoms with Gasteiger partial charge in [0.15, 0.2) is 5.69 Å². The molecule has 0 aliphatic heterocycles. The number of amides is 1. The number of carbonyl (C=O) groups is 1. The molecule has 0 atom stereocenters. The standard InChI is InChI=1S/C13H13F3N4O/c1-18-12(21)10-4-5-20(19-10)11-3-2-9(13(14,15)16)6-8(11)7-17/h2-6H,7,17H2,1H3,(H,18,21). The number of hydrogen-bond donors (Lipinski definition) is 2. The first-order chi connectivity index (χ1) is 9.86. The average molecular weight is 298 g/mol. The Hall–Kier alpha value is -2.35. The average Bonchev–Trinajstić information content (AvgIpc) is 2.94. The second-order valence-electron chi connectivity index (χ2n) is 4.27. The summed E-state index contributed by atoms with van der Waals surface area (Å²) in [5, 5.41) is 6.43. The lowest BCUT2D eigenvalue weighted by Gasteiger charge is -2.12. The van der Waals surface area contributed by atoms with Gasteiger partial charge in [-0.1, -0.05) is 0 Å². The third-order valence-electron chi connectivity index (χ3n) is 2.92. The Morgan fingerprint density at radius 1 is 1.38 bits per heavy atom. The van der Waals surface area contributed by atoms with Crippen molar-refractivity contribution in [2.45, 2.75) is 12.7 Å². The second-order valence-corrected chi connectivity index (χ2v) is 4.27. The molecule has 2 rings (SSSR count). The Labute approximate surface area is 118 Å². The summed E-state index contributed by atoms with van der Waals surface area (Å²) in [4.78, 5) is 11.4. The van der Waals surface area contributed by atoms with Gasteiger partial charge in [0, 0.05) is 19.8 Å². The minimum absolute atomic E-state index is 0.0750. The van der Waals surface area contributed by atoms with Crippen LogP contribution in [0.15, 0.2) is 30.5 Å². The molecular formula is C13H13F3N4O. The summed E-state index contributed by atoms with van der Waals surface area (Å²) in [6.45, 7) is -0.0750. The first kappa shape index (κ1) is 15.0. The monoisotopic (exact) mass is 298 g/mol. The highest BCUT2D eigenvalue weighted by atomic mass is 19.4. The third kappa shape index (κ3) is 3.05. The van der Waals surface area contributed by atoms with Crippen LogP contribution in [-0.2, 0) is 12.7 Å². The van der Waals surface area contributed by atoms with Gasteiger partial charge in [0.1, 0.15) is 0 Å². The maximum Gasteiger partial charge on any atom is 0.416 e. The van der Waals surface area contributed by atoms with E-state index in [-0.39, 0.29) is 23.7 Å². The van der Waals surface area contributed by atoms with E-state index in [1.807, 2.05) is 0 Å². The molecule has 0 spiro atoms. The predicted molar refractivity (Wildman–Crippen MR) is 69.8 cm³/mol. The lowest BCUT2D eigenvalue weighted by Crippen LogP contribution is -2.18. The van der Waals surface area contributed by atoms with Crippen molar-refractivity contribution < 1.29 is 18.0 Å². The van der Waals surface area contributed by atoms with Crippen molar-refractivity contribution in [3.8, 4) is 5.69 Å². The number of rotatable bonds is 3. The van der Waals surface area contributed by atoms with Gasteiger partial charge in [-0.05, 0) is 29.8 Å². The summed E-state index contributed by atoms with van der Waals surface area (Å²) < 4.78 is 39.4. The molecule has 1 aromatic carbocycles. The van der Waals surface area contributed by atoms with Crippen molar-refractivity contribution in [1.82, 2.24) is 15.1 Å². The van der Waals surface area contributed by atoms with Crippen molar-refractivity contribution in [3.05, 3.63) is 47.3 Å². The highest BCUT2D eigenvalue weighted by Gasteiger charge is 2.31. The van der Waals surface area contributed by atoms with E-state index in [2.05, 4.69) is 10.4 Å². The van der Waals surface area contributed by atoms with Gasteiger partial charge in [0.25, 0.3) is 5.91 Å². The van der Waals surface area contributed by atoms with Crippen LogP contribution in [0.1, 0.15) is 21.6 Å². The lowest BCUT2D eigenvalue weighted by atomic mass is 10.1. The summed E-state index contributed by atoms with van der Waals surface area (Å²) in [7, 11) is 1.46. The zero-order chi connectivity index (χ0) is 15.6. The van der Waals surface area contributed by atoms with Crippen molar-refractivity contribution in [3.63, 3.8) is 0 Å². The lowest BCUT2D eigenvalue weighted by molar-refractivity contribution is -0.137. The van der Waals surface area contributed by atoms with Crippen molar-refractivity contribution in [1.29, 1.82) is 0 Å². The molecule has 0 fully saturated rings. The largest absolute Gasteiger partial charge is 0.416 e. The quantitative estimate of drug-likeness (QED) is 0.906. The highest BCUT2D eigenvalue weighted by molar-refractivity contribution is 5.91. The van der Waals surface area contributed by atoms with E-state index < -0.39 is 11.7 Å². The first-order valence-electron chi connectivity index (χ1n) is 6.05. The number of halogens is 3. The molecule has 3 N–H and O–H groups in total. The zero-order valence-electron chi connectivity index (χ0n) is 11.1. The van der Waals surface area contributed by atoms with Gasteiger partial charge in [0.2, 0.25) is 0 Å². The number of benzene rings is 1. The number of nitrogens with two attached hydrogens (primary N) is 1. The maximum atomic E-state index is 12.7. The van der Waals surface area contributed by atoms with E-state index in [0.717, 1.165) is 12.1 Å². The van der Waals surface area contributed by atoms with Gasteiger partial charge in [-0.2, -0.15) is 18.3 Å². The number of hydrogen-bond acceptors (Lipinski definition) is 3. The van der Waals surface area contributed by atoms with Gasteiger partial charge < -0.3 is 11.1 Å². The topological polar surface area (TPSA) is 72.9 Å². The molecule has 0 saturated heterocycles. The van der Waals surface area contributed by atoms with E-state index >= 15 is 0 Å². The molecule has 2 aromatic rings. The van der Waals surface area contributed by atoms with Crippen molar-refractivity contribution in [2.75, 3.05) is 7.05 Å². The predicted octanol–water partition coefficient (Wildman–Crippen LogP) is 1.71. The van der Waals surface area contributed by atoms with Crippen LogP contribution >= 0.6 is 0 Å². The molecule has 8 heteroatoms. The Kier molecular flexibility index (Phi) is 3.99. The van der Waals surface area contributed by atoms with Crippen LogP contribution in [0.4, 0.5) is 13.2 Å². The summed E-state index contributed by atoms with van der Waals surface area (Å²) in [5.74, 6) is -0.380. The molecule has 1 heterocycles. The summed E-state index contributed by atoms with van der Waals surface area (Å²) in [6.07, 6.45) is -2.94. The van der Waals surface area contributed by atoms with Crippen molar-refractivity contribution in [2.24, 2.45) is 5.73 Å².